The summed E-state index contributed by atoms with van der Waals surface area (Å²) in [5, 5.41) is 20.6. The van der Waals surface area contributed by atoms with Gasteiger partial charge in [-0.2, -0.15) is 0 Å². The van der Waals surface area contributed by atoms with Crippen LogP contribution in [0.4, 0.5) is 0 Å². The average molecular weight is 365 g/mol. The maximum absolute atomic E-state index is 12.9. The minimum Gasteiger partial charge on any atom is -0.507 e. The lowest BCUT2D eigenvalue weighted by Gasteiger charge is -2.14. The first kappa shape index (κ1) is 16.8. The van der Waals surface area contributed by atoms with Crippen LogP contribution in [0.5, 0.6) is 5.75 Å². The highest BCUT2D eigenvalue weighted by molar-refractivity contribution is 6.42. The monoisotopic (exact) mass is 364 g/mol. The van der Waals surface area contributed by atoms with Gasteiger partial charge < -0.3 is 10.2 Å². The first-order chi connectivity index (χ1) is 11.5. The molecule has 0 aliphatic heterocycles. The number of halogens is 2. The number of pyridine rings is 2. The van der Waals surface area contributed by atoms with E-state index in [1.54, 1.807) is 36.5 Å². The van der Waals surface area contributed by atoms with Crippen LogP contribution in [0.25, 0.3) is 16.7 Å². The molecule has 0 bridgehead atoms. The number of hydrogen-bond donors (Lipinski definition) is 2. The molecular weight excluding hydrogens is 351 g/mol. The van der Waals surface area contributed by atoms with Crippen molar-refractivity contribution in [1.29, 1.82) is 0 Å². The summed E-state index contributed by atoms with van der Waals surface area (Å²) in [4.78, 5) is 17.1. The minimum atomic E-state index is -0.398. The SMILES string of the molecule is O=c1c(CCCO)c(O)c2cccnc2n1-c1ccc(Cl)c(Cl)c1. The van der Waals surface area contributed by atoms with Crippen molar-refractivity contribution in [3.8, 4) is 11.4 Å². The molecule has 2 N–H and O–H groups in total. The van der Waals surface area contributed by atoms with Gasteiger partial charge in [0.15, 0.2) is 5.65 Å². The Kier molecular flexibility index (Phi) is 4.76. The summed E-state index contributed by atoms with van der Waals surface area (Å²) in [6.07, 6.45) is 2.17. The molecule has 0 radical (unpaired) electrons. The fraction of sp³-hybridized carbons (Fsp3) is 0.176. The molecule has 0 amide bonds. The lowest BCUT2D eigenvalue weighted by atomic mass is 10.1. The molecule has 2 aromatic heterocycles. The molecule has 0 aliphatic carbocycles. The Morgan fingerprint density at radius 2 is 1.96 bits per heavy atom. The second-order valence-electron chi connectivity index (χ2n) is 5.27. The van der Waals surface area contributed by atoms with Crippen LogP contribution in [-0.2, 0) is 6.42 Å². The molecule has 0 aliphatic rings. The van der Waals surface area contributed by atoms with Crippen molar-refractivity contribution >= 4 is 34.2 Å². The number of nitrogens with zero attached hydrogens (tertiary/aromatic N) is 2. The van der Waals surface area contributed by atoms with E-state index in [1.807, 2.05) is 0 Å². The van der Waals surface area contributed by atoms with Crippen LogP contribution in [0.2, 0.25) is 10.0 Å². The third-order valence-corrected chi connectivity index (χ3v) is 4.49. The van der Waals surface area contributed by atoms with Gasteiger partial charge in [-0.1, -0.05) is 23.2 Å². The number of fused-ring (bicyclic) bond motifs is 1. The molecule has 0 fully saturated rings. The Hall–Kier alpha value is -2.08. The molecule has 0 spiro atoms. The normalized spacial score (nSPS) is 11.1. The maximum Gasteiger partial charge on any atom is 0.263 e. The van der Waals surface area contributed by atoms with Crippen molar-refractivity contribution in [2.75, 3.05) is 6.61 Å². The van der Waals surface area contributed by atoms with E-state index in [9.17, 15) is 9.90 Å². The summed E-state index contributed by atoms with van der Waals surface area (Å²) in [5.41, 5.74) is 0.663. The summed E-state index contributed by atoms with van der Waals surface area (Å²) in [7, 11) is 0. The van der Waals surface area contributed by atoms with E-state index in [4.69, 9.17) is 28.3 Å². The van der Waals surface area contributed by atoms with Crippen LogP contribution >= 0.6 is 23.2 Å². The molecule has 5 nitrogen and oxygen atoms in total. The second kappa shape index (κ2) is 6.81. The van der Waals surface area contributed by atoms with Crippen molar-refractivity contribution in [1.82, 2.24) is 9.55 Å². The largest absolute Gasteiger partial charge is 0.507 e. The number of aromatic hydroxyl groups is 1. The number of aliphatic hydroxyl groups is 1. The van der Waals surface area contributed by atoms with E-state index in [0.29, 0.717) is 33.2 Å². The Balaban J connectivity index is 2.37. The summed E-state index contributed by atoms with van der Waals surface area (Å²) >= 11 is 12.0. The van der Waals surface area contributed by atoms with Gasteiger partial charge in [0.25, 0.3) is 5.56 Å². The zero-order chi connectivity index (χ0) is 17.3. The van der Waals surface area contributed by atoms with Gasteiger partial charge in [-0.05, 0) is 43.2 Å². The first-order valence-corrected chi connectivity index (χ1v) is 8.08. The molecule has 124 valence electrons. The predicted octanol–water partition coefficient (Wildman–Crippen LogP) is 3.32. The van der Waals surface area contributed by atoms with Crippen LogP contribution in [-0.4, -0.2) is 26.4 Å². The standard InChI is InChI=1S/C17H14Cl2N2O3/c18-13-6-5-10(9-14(13)19)21-16-11(3-1-7-20-16)15(23)12(17(21)24)4-2-8-22/h1,3,5-7,9,22-23H,2,4,8H2. The van der Waals surface area contributed by atoms with Crippen LogP contribution in [0.1, 0.15) is 12.0 Å². The van der Waals surface area contributed by atoms with E-state index in [0.717, 1.165) is 0 Å². The number of aromatic nitrogens is 2. The Morgan fingerprint density at radius 3 is 2.67 bits per heavy atom. The molecule has 24 heavy (non-hydrogen) atoms. The summed E-state index contributed by atoms with van der Waals surface area (Å²) in [6.45, 7) is -0.0727. The topological polar surface area (TPSA) is 75.3 Å². The highest BCUT2D eigenvalue weighted by Gasteiger charge is 2.18. The molecule has 1 aromatic carbocycles. The average Bonchev–Trinajstić information content (AvgIpc) is 2.58. The molecular formula is C17H14Cl2N2O3. The third-order valence-electron chi connectivity index (χ3n) is 3.75. The molecule has 0 saturated carbocycles. The number of rotatable bonds is 4. The van der Waals surface area contributed by atoms with Gasteiger partial charge in [0, 0.05) is 12.8 Å². The number of benzene rings is 1. The van der Waals surface area contributed by atoms with E-state index < -0.39 is 5.56 Å². The minimum absolute atomic E-state index is 0.0727. The molecule has 0 unspecified atom stereocenters. The quantitative estimate of drug-likeness (QED) is 0.744. The van der Waals surface area contributed by atoms with Gasteiger partial charge in [0.1, 0.15) is 5.75 Å². The number of aliphatic hydroxyl groups excluding tert-OH is 1. The summed E-state index contributed by atoms with van der Waals surface area (Å²) < 4.78 is 1.39. The van der Waals surface area contributed by atoms with E-state index >= 15 is 0 Å². The zero-order valence-electron chi connectivity index (χ0n) is 12.5. The van der Waals surface area contributed by atoms with Gasteiger partial charge >= 0.3 is 0 Å². The molecule has 3 rings (SSSR count). The first-order valence-electron chi connectivity index (χ1n) is 7.32. The fourth-order valence-corrected chi connectivity index (χ4v) is 2.89. The van der Waals surface area contributed by atoms with Gasteiger partial charge in [0.05, 0.1) is 26.7 Å². The molecule has 2 heterocycles. The van der Waals surface area contributed by atoms with Crippen LogP contribution in [0.15, 0.2) is 41.3 Å². The molecule has 0 atom stereocenters. The van der Waals surface area contributed by atoms with Gasteiger partial charge in [-0.25, -0.2) is 4.98 Å². The molecule has 0 saturated heterocycles. The van der Waals surface area contributed by atoms with Gasteiger partial charge in [-0.15, -0.1) is 0 Å². The van der Waals surface area contributed by atoms with Crippen molar-refractivity contribution < 1.29 is 10.2 Å². The van der Waals surface area contributed by atoms with Gasteiger partial charge in [-0.3, -0.25) is 9.36 Å². The summed E-state index contributed by atoms with van der Waals surface area (Å²) in [5.74, 6) is -0.104. The summed E-state index contributed by atoms with van der Waals surface area (Å²) in [6, 6.07) is 8.21. The second-order valence-corrected chi connectivity index (χ2v) is 6.08. The maximum atomic E-state index is 12.9. The highest BCUT2D eigenvalue weighted by Crippen LogP contribution is 2.29. The smallest absolute Gasteiger partial charge is 0.263 e. The van der Waals surface area contributed by atoms with Gasteiger partial charge in [0.2, 0.25) is 0 Å². The Morgan fingerprint density at radius 1 is 1.17 bits per heavy atom. The lowest BCUT2D eigenvalue weighted by molar-refractivity contribution is 0.288. The van der Waals surface area contributed by atoms with Crippen molar-refractivity contribution in [3.63, 3.8) is 0 Å². The zero-order valence-corrected chi connectivity index (χ0v) is 14.1. The van der Waals surface area contributed by atoms with Crippen molar-refractivity contribution in [3.05, 3.63) is 62.5 Å². The fourth-order valence-electron chi connectivity index (χ4n) is 2.60. The van der Waals surface area contributed by atoms with E-state index in [1.165, 1.54) is 4.57 Å². The number of hydrogen-bond acceptors (Lipinski definition) is 4. The van der Waals surface area contributed by atoms with Crippen LogP contribution < -0.4 is 5.56 Å². The van der Waals surface area contributed by atoms with Crippen LogP contribution in [0.3, 0.4) is 0 Å². The molecule has 3 aromatic rings. The third kappa shape index (κ3) is 2.86. The van der Waals surface area contributed by atoms with Crippen LogP contribution in [0, 0.1) is 0 Å². The Labute approximate surface area is 147 Å². The lowest BCUT2D eigenvalue weighted by Crippen LogP contribution is -2.24. The van der Waals surface area contributed by atoms with Crippen molar-refractivity contribution in [2.24, 2.45) is 0 Å². The highest BCUT2D eigenvalue weighted by atomic mass is 35.5. The van der Waals surface area contributed by atoms with E-state index in [-0.39, 0.29) is 24.3 Å². The van der Waals surface area contributed by atoms with Crippen molar-refractivity contribution in [2.45, 2.75) is 12.8 Å². The van der Waals surface area contributed by atoms with E-state index in [2.05, 4.69) is 4.98 Å². The molecule has 7 heteroatoms. The Bertz CT molecular complexity index is 970. The predicted molar refractivity (Wildman–Crippen MR) is 94.4 cm³/mol.